The fraction of sp³-hybridized carbons (Fsp3) is 0.414. The molecular weight excluding hydrogens is 422 g/mol. The lowest BCUT2D eigenvalue weighted by molar-refractivity contribution is -0.121. The first kappa shape index (κ1) is 25.4. The fourth-order valence-corrected chi connectivity index (χ4v) is 4.28. The lowest BCUT2D eigenvalue weighted by atomic mass is 10.0. The zero-order chi connectivity index (χ0) is 24.7. The largest absolute Gasteiger partial charge is 0.330 e. The Morgan fingerprint density at radius 1 is 1.00 bits per heavy atom. The van der Waals surface area contributed by atoms with Crippen molar-refractivity contribution in [2.24, 2.45) is 10.9 Å². The number of carbonyl (C=O) groups excluding carboxylic acids is 2. The maximum absolute atomic E-state index is 13.2. The van der Waals surface area contributed by atoms with Crippen LogP contribution in [0.1, 0.15) is 68.2 Å². The molecule has 0 radical (unpaired) electrons. The van der Waals surface area contributed by atoms with Crippen molar-refractivity contribution >= 4 is 28.9 Å². The third-order valence-corrected chi connectivity index (χ3v) is 6.24. The quantitative estimate of drug-likeness (QED) is 0.497. The Labute approximate surface area is 203 Å². The van der Waals surface area contributed by atoms with Crippen molar-refractivity contribution in [3.63, 3.8) is 0 Å². The SMILES string of the molecule is CCCC(=O)NC1=CC(C(=O)Nc2ccc(C)cc2C)CCC(=Nc2ccc(CC)cc2C)C1. The Kier molecular flexibility index (Phi) is 8.80. The zero-order valence-electron chi connectivity index (χ0n) is 21.1. The van der Waals surface area contributed by atoms with Crippen molar-refractivity contribution in [1.29, 1.82) is 0 Å². The lowest BCUT2D eigenvalue weighted by Gasteiger charge is -2.15. The van der Waals surface area contributed by atoms with Gasteiger partial charge in [-0.25, -0.2) is 0 Å². The molecule has 1 unspecified atom stereocenters. The Morgan fingerprint density at radius 3 is 2.47 bits per heavy atom. The zero-order valence-corrected chi connectivity index (χ0v) is 21.1. The van der Waals surface area contributed by atoms with Crippen LogP contribution >= 0.6 is 0 Å². The second-order valence-corrected chi connectivity index (χ2v) is 9.27. The summed E-state index contributed by atoms with van der Waals surface area (Å²) in [6, 6.07) is 12.4. The van der Waals surface area contributed by atoms with Crippen LogP contribution in [0.3, 0.4) is 0 Å². The van der Waals surface area contributed by atoms with Gasteiger partial charge in [0.05, 0.1) is 11.6 Å². The van der Waals surface area contributed by atoms with Gasteiger partial charge in [0.1, 0.15) is 0 Å². The molecule has 1 aliphatic rings. The molecule has 5 nitrogen and oxygen atoms in total. The number of hydrogen-bond donors (Lipinski definition) is 2. The second-order valence-electron chi connectivity index (χ2n) is 9.27. The Balaban J connectivity index is 1.84. The summed E-state index contributed by atoms with van der Waals surface area (Å²) in [7, 11) is 0. The number of carbonyl (C=O) groups is 2. The van der Waals surface area contributed by atoms with Crippen LogP contribution in [-0.2, 0) is 16.0 Å². The smallest absolute Gasteiger partial charge is 0.231 e. The maximum atomic E-state index is 13.2. The Bertz CT molecular complexity index is 1110. The molecule has 0 aromatic heterocycles. The van der Waals surface area contributed by atoms with Gasteiger partial charge in [0.15, 0.2) is 0 Å². The van der Waals surface area contributed by atoms with Crippen LogP contribution in [0.25, 0.3) is 0 Å². The standard InChI is InChI=1S/C29H37N3O2/c1-6-8-28(33)31-25-17-23(29(34)32-27-13-9-19(3)15-20(27)4)11-12-24(18-25)30-26-14-10-22(7-2)16-21(26)5/h9-10,13-17,23H,6-8,11-12,18H2,1-5H3,(H,31,33)(H,32,34). The number of aliphatic imine (C=N–C) groups is 1. The highest BCUT2D eigenvalue weighted by atomic mass is 16.2. The highest BCUT2D eigenvalue weighted by Crippen LogP contribution is 2.27. The molecule has 2 aromatic rings. The minimum Gasteiger partial charge on any atom is -0.330 e. The van der Waals surface area contributed by atoms with Gasteiger partial charge in [-0.05, 0) is 75.3 Å². The molecule has 1 aliphatic carbocycles. The molecule has 0 aliphatic heterocycles. The summed E-state index contributed by atoms with van der Waals surface area (Å²) < 4.78 is 0. The van der Waals surface area contributed by atoms with Crippen molar-refractivity contribution < 1.29 is 9.59 Å². The van der Waals surface area contributed by atoms with E-state index in [4.69, 9.17) is 4.99 Å². The van der Waals surface area contributed by atoms with Gasteiger partial charge < -0.3 is 10.6 Å². The van der Waals surface area contributed by atoms with Crippen LogP contribution in [0.5, 0.6) is 0 Å². The normalized spacial score (nSPS) is 17.1. The minimum absolute atomic E-state index is 0.0213. The van der Waals surface area contributed by atoms with Crippen molar-refractivity contribution in [1.82, 2.24) is 5.32 Å². The predicted molar refractivity (Wildman–Crippen MR) is 141 cm³/mol. The molecule has 0 spiro atoms. The van der Waals surface area contributed by atoms with E-state index in [0.717, 1.165) is 52.3 Å². The van der Waals surface area contributed by atoms with E-state index in [0.29, 0.717) is 25.7 Å². The van der Waals surface area contributed by atoms with Gasteiger partial charge in [-0.2, -0.15) is 0 Å². The van der Waals surface area contributed by atoms with Crippen LogP contribution in [-0.4, -0.2) is 17.5 Å². The lowest BCUT2D eigenvalue weighted by Crippen LogP contribution is -2.25. The average Bonchev–Trinajstić information content (AvgIpc) is 2.99. The molecule has 180 valence electrons. The van der Waals surface area contributed by atoms with E-state index in [1.54, 1.807) is 0 Å². The average molecular weight is 460 g/mol. The van der Waals surface area contributed by atoms with Crippen LogP contribution in [0.4, 0.5) is 11.4 Å². The first-order valence-electron chi connectivity index (χ1n) is 12.3. The highest BCUT2D eigenvalue weighted by molar-refractivity contribution is 5.97. The molecule has 3 rings (SSSR count). The summed E-state index contributed by atoms with van der Waals surface area (Å²) >= 11 is 0. The van der Waals surface area contributed by atoms with Gasteiger partial charge in [0.25, 0.3) is 0 Å². The van der Waals surface area contributed by atoms with Crippen molar-refractivity contribution in [2.75, 3.05) is 5.32 Å². The van der Waals surface area contributed by atoms with Crippen molar-refractivity contribution in [2.45, 2.75) is 73.1 Å². The molecule has 0 fully saturated rings. The molecule has 0 saturated heterocycles. The number of rotatable bonds is 7. The van der Waals surface area contributed by atoms with E-state index in [1.807, 2.05) is 39.0 Å². The van der Waals surface area contributed by atoms with E-state index in [1.165, 1.54) is 5.56 Å². The number of amides is 2. The first-order chi connectivity index (χ1) is 16.3. The number of nitrogens with zero attached hydrogens (tertiary/aromatic N) is 1. The number of hydrogen-bond acceptors (Lipinski definition) is 3. The van der Waals surface area contributed by atoms with E-state index >= 15 is 0 Å². The van der Waals surface area contributed by atoms with Crippen LogP contribution < -0.4 is 10.6 Å². The molecule has 1 atom stereocenters. The minimum atomic E-state index is -0.339. The van der Waals surface area contributed by atoms with Crippen LogP contribution in [0.2, 0.25) is 0 Å². The van der Waals surface area contributed by atoms with Crippen LogP contribution in [0, 0.1) is 26.7 Å². The Hall–Kier alpha value is -3.21. The van der Waals surface area contributed by atoms with E-state index in [2.05, 4.69) is 48.7 Å². The number of aryl methyl sites for hydroxylation is 4. The van der Waals surface area contributed by atoms with Crippen molar-refractivity contribution in [3.8, 4) is 0 Å². The number of allylic oxidation sites excluding steroid dienone is 1. The third-order valence-electron chi connectivity index (χ3n) is 6.24. The summed E-state index contributed by atoms with van der Waals surface area (Å²) in [5, 5.41) is 6.12. The molecule has 0 saturated carbocycles. The molecule has 5 heteroatoms. The summed E-state index contributed by atoms with van der Waals surface area (Å²) in [4.78, 5) is 30.5. The van der Waals surface area contributed by atoms with Gasteiger partial charge in [-0.3, -0.25) is 14.6 Å². The topological polar surface area (TPSA) is 70.6 Å². The van der Waals surface area contributed by atoms with Crippen LogP contribution in [0.15, 0.2) is 53.2 Å². The molecular formula is C29H37N3O2. The third kappa shape index (κ3) is 6.89. The second kappa shape index (κ2) is 11.8. The summed E-state index contributed by atoms with van der Waals surface area (Å²) in [5.74, 6) is -0.417. The summed E-state index contributed by atoms with van der Waals surface area (Å²) in [6.45, 7) is 10.2. The van der Waals surface area contributed by atoms with Gasteiger partial charge >= 0.3 is 0 Å². The Morgan fingerprint density at radius 2 is 1.79 bits per heavy atom. The first-order valence-corrected chi connectivity index (χ1v) is 12.3. The highest BCUT2D eigenvalue weighted by Gasteiger charge is 2.23. The van der Waals surface area contributed by atoms with Gasteiger partial charge in [-0.15, -0.1) is 0 Å². The monoisotopic (exact) mass is 459 g/mol. The molecule has 2 amide bonds. The molecule has 34 heavy (non-hydrogen) atoms. The van der Waals surface area contributed by atoms with Gasteiger partial charge in [0.2, 0.25) is 11.8 Å². The summed E-state index contributed by atoms with van der Waals surface area (Å²) in [5.41, 5.74) is 8.15. The number of benzene rings is 2. The molecule has 0 heterocycles. The van der Waals surface area contributed by atoms with Gasteiger partial charge in [0, 0.05) is 29.9 Å². The van der Waals surface area contributed by atoms with E-state index < -0.39 is 0 Å². The molecule has 0 bridgehead atoms. The van der Waals surface area contributed by atoms with Crippen molar-refractivity contribution in [3.05, 3.63) is 70.4 Å². The van der Waals surface area contributed by atoms with E-state index in [-0.39, 0.29) is 17.7 Å². The number of anilines is 1. The predicted octanol–water partition coefficient (Wildman–Crippen LogP) is 6.49. The van der Waals surface area contributed by atoms with Gasteiger partial charge in [-0.1, -0.05) is 49.8 Å². The molecule has 2 aromatic carbocycles. The molecule has 2 N–H and O–H groups in total. The summed E-state index contributed by atoms with van der Waals surface area (Å²) in [6.07, 6.45) is 6.03. The fourth-order valence-electron chi connectivity index (χ4n) is 4.28. The number of nitrogens with one attached hydrogen (secondary N) is 2. The maximum Gasteiger partial charge on any atom is 0.231 e. The van der Waals surface area contributed by atoms with E-state index in [9.17, 15) is 9.59 Å².